The second-order valence-electron chi connectivity index (χ2n) is 4.60. The number of piperidine rings is 1. The molecule has 0 aliphatic carbocycles. The largest absolute Gasteiger partial charge is 0.416 e. The van der Waals surface area contributed by atoms with E-state index < -0.39 is 11.7 Å². The monoisotopic (exact) mass is 243 g/mol. The van der Waals surface area contributed by atoms with Gasteiger partial charge in [-0.25, -0.2) is 0 Å². The molecule has 17 heavy (non-hydrogen) atoms. The predicted molar refractivity (Wildman–Crippen MR) is 60.7 cm³/mol. The van der Waals surface area contributed by atoms with Crippen molar-refractivity contribution in [3.8, 4) is 0 Å². The molecule has 0 aromatic heterocycles. The van der Waals surface area contributed by atoms with Crippen molar-refractivity contribution in [2.75, 3.05) is 13.1 Å². The van der Waals surface area contributed by atoms with Crippen LogP contribution in [0.1, 0.15) is 24.0 Å². The summed E-state index contributed by atoms with van der Waals surface area (Å²) >= 11 is 0. The summed E-state index contributed by atoms with van der Waals surface area (Å²) in [7, 11) is 0. The normalized spacial score (nSPS) is 18.3. The van der Waals surface area contributed by atoms with Crippen LogP contribution in [0.2, 0.25) is 0 Å². The van der Waals surface area contributed by atoms with Gasteiger partial charge in [-0.1, -0.05) is 18.2 Å². The maximum absolute atomic E-state index is 12.5. The number of hydrogen-bond donors (Lipinski definition) is 1. The quantitative estimate of drug-likeness (QED) is 0.840. The van der Waals surface area contributed by atoms with Crippen molar-refractivity contribution in [1.82, 2.24) is 5.32 Å². The molecule has 1 fully saturated rings. The number of rotatable bonds is 2. The van der Waals surface area contributed by atoms with Crippen molar-refractivity contribution >= 4 is 0 Å². The van der Waals surface area contributed by atoms with E-state index >= 15 is 0 Å². The average molecular weight is 243 g/mol. The second kappa shape index (κ2) is 5.08. The highest BCUT2D eigenvalue weighted by molar-refractivity contribution is 5.26. The van der Waals surface area contributed by atoms with Crippen LogP contribution in [0, 0.1) is 5.92 Å². The van der Waals surface area contributed by atoms with Crippen LogP contribution in [-0.4, -0.2) is 13.1 Å². The van der Waals surface area contributed by atoms with Crippen LogP contribution in [0.5, 0.6) is 0 Å². The molecule has 0 bridgehead atoms. The third-order valence-corrected chi connectivity index (χ3v) is 3.24. The van der Waals surface area contributed by atoms with Gasteiger partial charge >= 0.3 is 6.18 Å². The first kappa shape index (κ1) is 12.4. The molecule has 1 aromatic rings. The fourth-order valence-corrected chi connectivity index (χ4v) is 2.29. The lowest BCUT2D eigenvalue weighted by Gasteiger charge is -2.22. The van der Waals surface area contributed by atoms with Gasteiger partial charge in [-0.3, -0.25) is 0 Å². The van der Waals surface area contributed by atoms with E-state index in [2.05, 4.69) is 5.32 Å². The molecule has 1 aromatic carbocycles. The first-order valence-corrected chi connectivity index (χ1v) is 5.92. The van der Waals surface area contributed by atoms with Crippen molar-refractivity contribution in [1.29, 1.82) is 0 Å². The minimum absolute atomic E-state index is 0.514. The third kappa shape index (κ3) is 3.46. The van der Waals surface area contributed by atoms with Crippen molar-refractivity contribution in [2.24, 2.45) is 5.92 Å². The summed E-state index contributed by atoms with van der Waals surface area (Å²) in [5.41, 5.74) is 0.260. The molecule has 1 saturated heterocycles. The fraction of sp³-hybridized carbons (Fsp3) is 0.538. The van der Waals surface area contributed by atoms with Crippen LogP contribution >= 0.6 is 0 Å². The number of benzene rings is 1. The number of halogens is 3. The molecule has 1 aliphatic rings. The Hall–Kier alpha value is -1.03. The van der Waals surface area contributed by atoms with E-state index in [1.165, 1.54) is 12.1 Å². The summed E-state index contributed by atoms with van der Waals surface area (Å²) in [5.74, 6) is 0.514. The first-order chi connectivity index (χ1) is 8.05. The molecule has 1 aliphatic heterocycles. The van der Waals surface area contributed by atoms with Crippen molar-refractivity contribution in [3.05, 3.63) is 35.4 Å². The molecular weight excluding hydrogens is 227 g/mol. The van der Waals surface area contributed by atoms with Gasteiger partial charge in [-0.05, 0) is 49.9 Å². The fourth-order valence-electron chi connectivity index (χ4n) is 2.29. The SMILES string of the molecule is FC(F)(F)c1cccc(CC2CCNCC2)c1. The summed E-state index contributed by atoms with van der Waals surface area (Å²) in [6.45, 7) is 1.95. The summed E-state index contributed by atoms with van der Waals surface area (Å²) in [6.07, 6.45) is -1.37. The molecule has 2 rings (SSSR count). The smallest absolute Gasteiger partial charge is 0.317 e. The van der Waals surface area contributed by atoms with Gasteiger partial charge in [0.15, 0.2) is 0 Å². The van der Waals surface area contributed by atoms with E-state index in [4.69, 9.17) is 0 Å². The zero-order valence-corrected chi connectivity index (χ0v) is 9.56. The topological polar surface area (TPSA) is 12.0 Å². The van der Waals surface area contributed by atoms with Crippen LogP contribution in [0.15, 0.2) is 24.3 Å². The summed E-state index contributed by atoms with van der Waals surface area (Å²) in [5, 5.41) is 3.26. The van der Waals surface area contributed by atoms with Crippen molar-refractivity contribution in [2.45, 2.75) is 25.4 Å². The maximum atomic E-state index is 12.5. The van der Waals surface area contributed by atoms with E-state index in [1.807, 2.05) is 0 Å². The minimum atomic E-state index is -4.23. The Morgan fingerprint density at radius 1 is 1.18 bits per heavy atom. The molecule has 1 heterocycles. The summed E-state index contributed by atoms with van der Waals surface area (Å²) in [4.78, 5) is 0. The Bertz CT molecular complexity index is 367. The standard InChI is InChI=1S/C13H16F3N/c14-13(15,16)12-3-1-2-11(9-12)8-10-4-6-17-7-5-10/h1-3,9-10,17H,4-8H2. The lowest BCUT2D eigenvalue weighted by molar-refractivity contribution is -0.137. The maximum Gasteiger partial charge on any atom is 0.416 e. The molecular formula is C13H16F3N. The van der Waals surface area contributed by atoms with Crippen LogP contribution in [0.3, 0.4) is 0 Å². The lowest BCUT2D eigenvalue weighted by atomic mass is 9.90. The van der Waals surface area contributed by atoms with E-state index in [9.17, 15) is 13.2 Å². The highest BCUT2D eigenvalue weighted by Gasteiger charge is 2.30. The van der Waals surface area contributed by atoms with E-state index in [-0.39, 0.29) is 0 Å². The molecule has 0 radical (unpaired) electrons. The summed E-state index contributed by atoms with van der Waals surface area (Å²) < 4.78 is 37.6. The molecule has 0 saturated carbocycles. The average Bonchev–Trinajstić information content (AvgIpc) is 2.29. The van der Waals surface area contributed by atoms with Crippen LogP contribution in [0.25, 0.3) is 0 Å². The zero-order chi connectivity index (χ0) is 12.3. The van der Waals surface area contributed by atoms with E-state index in [0.717, 1.165) is 44.0 Å². The van der Waals surface area contributed by atoms with Crippen LogP contribution < -0.4 is 5.32 Å². The first-order valence-electron chi connectivity index (χ1n) is 5.92. The Labute approximate surface area is 99.0 Å². The van der Waals surface area contributed by atoms with Gasteiger partial charge in [0.1, 0.15) is 0 Å². The second-order valence-corrected chi connectivity index (χ2v) is 4.60. The molecule has 0 unspecified atom stereocenters. The van der Waals surface area contributed by atoms with E-state index in [0.29, 0.717) is 5.92 Å². The van der Waals surface area contributed by atoms with Gasteiger partial charge < -0.3 is 5.32 Å². The number of nitrogens with one attached hydrogen (secondary N) is 1. The number of hydrogen-bond acceptors (Lipinski definition) is 1. The Morgan fingerprint density at radius 3 is 2.53 bits per heavy atom. The molecule has 0 spiro atoms. The molecule has 0 amide bonds. The summed E-state index contributed by atoms with van der Waals surface area (Å²) in [6, 6.07) is 5.70. The van der Waals surface area contributed by atoms with Crippen molar-refractivity contribution in [3.63, 3.8) is 0 Å². The molecule has 1 nitrogen and oxygen atoms in total. The highest BCUT2D eigenvalue weighted by Crippen LogP contribution is 2.30. The van der Waals surface area contributed by atoms with E-state index in [1.54, 1.807) is 6.07 Å². The van der Waals surface area contributed by atoms with Crippen LogP contribution in [-0.2, 0) is 12.6 Å². The Kier molecular flexibility index (Phi) is 3.72. The van der Waals surface area contributed by atoms with Crippen LogP contribution in [0.4, 0.5) is 13.2 Å². The molecule has 1 N–H and O–H groups in total. The minimum Gasteiger partial charge on any atom is -0.317 e. The lowest BCUT2D eigenvalue weighted by Crippen LogP contribution is -2.28. The third-order valence-electron chi connectivity index (χ3n) is 3.24. The van der Waals surface area contributed by atoms with Gasteiger partial charge in [0.05, 0.1) is 5.56 Å². The Balaban J connectivity index is 2.05. The molecule has 94 valence electrons. The van der Waals surface area contributed by atoms with Gasteiger partial charge in [-0.2, -0.15) is 13.2 Å². The highest BCUT2D eigenvalue weighted by atomic mass is 19.4. The Morgan fingerprint density at radius 2 is 1.88 bits per heavy atom. The van der Waals surface area contributed by atoms with Gasteiger partial charge in [0.25, 0.3) is 0 Å². The molecule has 4 heteroatoms. The number of alkyl halides is 3. The van der Waals surface area contributed by atoms with Crippen molar-refractivity contribution < 1.29 is 13.2 Å². The van der Waals surface area contributed by atoms with Gasteiger partial charge in [-0.15, -0.1) is 0 Å². The molecule has 0 atom stereocenters. The zero-order valence-electron chi connectivity index (χ0n) is 9.56. The predicted octanol–water partition coefficient (Wildman–Crippen LogP) is 3.25. The van der Waals surface area contributed by atoms with Gasteiger partial charge in [0.2, 0.25) is 0 Å². The van der Waals surface area contributed by atoms with Gasteiger partial charge in [0, 0.05) is 0 Å².